The third kappa shape index (κ3) is 1.80. The fourth-order valence-corrected chi connectivity index (χ4v) is 1.44. The lowest BCUT2D eigenvalue weighted by Gasteiger charge is -2.13. The number of nitrogens with zero attached hydrogens (tertiary/aromatic N) is 4. The molecule has 0 radical (unpaired) electrons. The molecule has 1 aromatic heterocycles. The van der Waals surface area contributed by atoms with Crippen molar-refractivity contribution >= 4 is 11.9 Å². The highest BCUT2D eigenvalue weighted by Crippen LogP contribution is 2.17. The van der Waals surface area contributed by atoms with Gasteiger partial charge in [0.15, 0.2) is 0 Å². The van der Waals surface area contributed by atoms with Crippen molar-refractivity contribution in [2.45, 2.75) is 26.4 Å². The zero-order valence-electron chi connectivity index (χ0n) is 8.64. The Morgan fingerprint density at radius 3 is 2.60 bits per heavy atom. The molecule has 1 fully saturated rings. The number of aliphatic hydroxyl groups is 1. The molecule has 0 aliphatic carbocycles. The molecule has 0 spiro atoms. The van der Waals surface area contributed by atoms with E-state index in [-0.39, 0.29) is 24.8 Å². The maximum absolute atomic E-state index is 11.4. The standard InChI is InChI=1S/C9H12N4O2/c1-5-6(2)11-12-9(10-5)13-4-7(14)3-8(13)15/h7,14H,3-4H2,1-2H3. The van der Waals surface area contributed by atoms with Crippen LogP contribution in [-0.4, -0.2) is 38.8 Å². The maximum Gasteiger partial charge on any atom is 0.252 e. The minimum absolute atomic E-state index is 0.135. The molecule has 1 unspecified atom stereocenters. The summed E-state index contributed by atoms with van der Waals surface area (Å²) in [4.78, 5) is 17.0. The molecule has 0 aromatic carbocycles. The van der Waals surface area contributed by atoms with Crippen LogP contribution in [0.15, 0.2) is 0 Å². The van der Waals surface area contributed by atoms with Gasteiger partial charge >= 0.3 is 0 Å². The Hall–Kier alpha value is -1.56. The largest absolute Gasteiger partial charge is 0.391 e. The summed E-state index contributed by atoms with van der Waals surface area (Å²) in [5.74, 6) is 0.118. The average Bonchev–Trinajstić information content (AvgIpc) is 2.50. The van der Waals surface area contributed by atoms with E-state index in [1.54, 1.807) is 6.92 Å². The van der Waals surface area contributed by atoms with Gasteiger partial charge in [-0.25, -0.2) is 4.98 Å². The Bertz CT molecular complexity index is 407. The summed E-state index contributed by atoms with van der Waals surface area (Å²) < 4.78 is 0. The first kappa shape index (κ1) is 9.97. The fraction of sp³-hybridized carbons (Fsp3) is 0.556. The Morgan fingerprint density at radius 2 is 2.07 bits per heavy atom. The van der Waals surface area contributed by atoms with E-state index < -0.39 is 6.10 Å². The molecule has 6 nitrogen and oxygen atoms in total. The molecule has 1 aliphatic heterocycles. The summed E-state index contributed by atoms with van der Waals surface area (Å²) in [6, 6.07) is 0. The van der Waals surface area contributed by atoms with E-state index in [9.17, 15) is 9.90 Å². The van der Waals surface area contributed by atoms with E-state index in [2.05, 4.69) is 15.2 Å². The molecule has 0 saturated carbocycles. The Morgan fingerprint density at radius 1 is 1.33 bits per heavy atom. The van der Waals surface area contributed by atoms with Crippen molar-refractivity contribution in [3.05, 3.63) is 11.4 Å². The molecule has 15 heavy (non-hydrogen) atoms. The van der Waals surface area contributed by atoms with Crippen LogP contribution in [0.2, 0.25) is 0 Å². The molecule has 1 amide bonds. The second-order valence-corrected chi connectivity index (χ2v) is 3.64. The van der Waals surface area contributed by atoms with Gasteiger partial charge in [0, 0.05) is 0 Å². The summed E-state index contributed by atoms with van der Waals surface area (Å²) in [5.41, 5.74) is 1.49. The molecule has 1 aromatic rings. The molecular weight excluding hydrogens is 196 g/mol. The smallest absolute Gasteiger partial charge is 0.252 e. The van der Waals surface area contributed by atoms with Gasteiger partial charge in [-0.15, -0.1) is 5.10 Å². The van der Waals surface area contributed by atoms with E-state index in [4.69, 9.17) is 0 Å². The number of aryl methyl sites for hydroxylation is 2. The molecule has 1 aliphatic rings. The summed E-state index contributed by atoms with van der Waals surface area (Å²) >= 11 is 0. The van der Waals surface area contributed by atoms with Gasteiger partial charge in [0.25, 0.3) is 5.95 Å². The van der Waals surface area contributed by atoms with Gasteiger partial charge in [0.1, 0.15) is 0 Å². The molecular formula is C9H12N4O2. The van der Waals surface area contributed by atoms with Gasteiger partial charge in [-0.05, 0) is 13.8 Å². The van der Waals surface area contributed by atoms with Crippen LogP contribution in [0.5, 0.6) is 0 Å². The lowest BCUT2D eigenvalue weighted by Crippen LogP contribution is -2.28. The average molecular weight is 208 g/mol. The Kier molecular flexibility index (Phi) is 2.36. The van der Waals surface area contributed by atoms with Crippen LogP contribution >= 0.6 is 0 Å². The quantitative estimate of drug-likeness (QED) is 0.678. The molecule has 6 heteroatoms. The van der Waals surface area contributed by atoms with Gasteiger partial charge in [0.2, 0.25) is 5.91 Å². The molecule has 1 saturated heterocycles. The highest BCUT2D eigenvalue weighted by Gasteiger charge is 2.31. The van der Waals surface area contributed by atoms with Gasteiger partial charge in [-0.2, -0.15) is 5.10 Å². The predicted octanol–water partition coefficient (Wildman–Crippen LogP) is -0.414. The number of aliphatic hydroxyl groups excluding tert-OH is 1. The van der Waals surface area contributed by atoms with Gasteiger partial charge < -0.3 is 5.11 Å². The number of β-amino-alcohol motifs (C(OH)–C–C–N with tert-alkyl or cyclic N) is 1. The highest BCUT2D eigenvalue weighted by molar-refractivity contribution is 5.94. The summed E-state index contributed by atoms with van der Waals surface area (Å²) in [6.07, 6.45) is -0.487. The van der Waals surface area contributed by atoms with Crippen molar-refractivity contribution in [3.63, 3.8) is 0 Å². The molecule has 0 bridgehead atoms. The Labute approximate surface area is 87.0 Å². The van der Waals surface area contributed by atoms with Gasteiger partial charge in [0.05, 0.1) is 30.5 Å². The minimum atomic E-state index is -0.622. The number of rotatable bonds is 1. The number of hydrogen-bond donors (Lipinski definition) is 1. The van der Waals surface area contributed by atoms with Crippen molar-refractivity contribution in [1.82, 2.24) is 15.2 Å². The lowest BCUT2D eigenvalue weighted by molar-refractivity contribution is -0.117. The fourth-order valence-electron chi connectivity index (χ4n) is 1.44. The second kappa shape index (κ2) is 3.54. The SMILES string of the molecule is Cc1nnc(N2CC(O)CC2=O)nc1C. The van der Waals surface area contributed by atoms with Crippen LogP contribution in [-0.2, 0) is 4.79 Å². The van der Waals surface area contributed by atoms with Crippen molar-refractivity contribution in [1.29, 1.82) is 0 Å². The third-order valence-corrected chi connectivity index (χ3v) is 2.43. The zero-order valence-corrected chi connectivity index (χ0v) is 8.64. The van der Waals surface area contributed by atoms with E-state index in [0.29, 0.717) is 0 Å². The molecule has 2 heterocycles. The van der Waals surface area contributed by atoms with Crippen molar-refractivity contribution < 1.29 is 9.90 Å². The lowest BCUT2D eigenvalue weighted by atomic mass is 10.3. The summed E-state index contributed by atoms with van der Waals surface area (Å²) in [7, 11) is 0. The van der Waals surface area contributed by atoms with E-state index in [0.717, 1.165) is 11.4 Å². The zero-order chi connectivity index (χ0) is 11.0. The van der Waals surface area contributed by atoms with E-state index >= 15 is 0 Å². The highest BCUT2D eigenvalue weighted by atomic mass is 16.3. The van der Waals surface area contributed by atoms with Crippen molar-refractivity contribution in [2.75, 3.05) is 11.4 Å². The van der Waals surface area contributed by atoms with E-state index in [1.807, 2.05) is 6.92 Å². The number of carbonyl (C=O) groups is 1. The Balaban J connectivity index is 2.30. The summed E-state index contributed by atoms with van der Waals surface area (Å²) in [5, 5.41) is 17.1. The molecule has 80 valence electrons. The molecule has 1 N–H and O–H groups in total. The first-order valence-electron chi connectivity index (χ1n) is 4.74. The van der Waals surface area contributed by atoms with Gasteiger partial charge in [-0.1, -0.05) is 0 Å². The molecule has 2 rings (SSSR count). The topological polar surface area (TPSA) is 79.2 Å². The van der Waals surface area contributed by atoms with Crippen LogP contribution in [0, 0.1) is 13.8 Å². The number of anilines is 1. The third-order valence-electron chi connectivity index (χ3n) is 2.43. The number of amides is 1. The monoisotopic (exact) mass is 208 g/mol. The first-order chi connectivity index (χ1) is 7.08. The van der Waals surface area contributed by atoms with Crippen LogP contribution in [0.4, 0.5) is 5.95 Å². The van der Waals surface area contributed by atoms with Crippen molar-refractivity contribution in [3.8, 4) is 0 Å². The van der Waals surface area contributed by atoms with Crippen molar-refractivity contribution in [2.24, 2.45) is 0 Å². The van der Waals surface area contributed by atoms with Crippen LogP contribution in [0.3, 0.4) is 0 Å². The number of carbonyl (C=O) groups excluding carboxylic acids is 1. The number of hydrogen-bond acceptors (Lipinski definition) is 5. The minimum Gasteiger partial charge on any atom is -0.391 e. The van der Waals surface area contributed by atoms with Crippen LogP contribution in [0.1, 0.15) is 17.8 Å². The predicted molar refractivity (Wildman–Crippen MR) is 52.3 cm³/mol. The normalized spacial score (nSPS) is 21.1. The van der Waals surface area contributed by atoms with Crippen LogP contribution < -0.4 is 4.90 Å². The molecule has 1 atom stereocenters. The first-order valence-corrected chi connectivity index (χ1v) is 4.74. The van der Waals surface area contributed by atoms with Gasteiger partial charge in [-0.3, -0.25) is 9.69 Å². The number of aromatic nitrogens is 3. The van der Waals surface area contributed by atoms with E-state index in [1.165, 1.54) is 4.90 Å². The maximum atomic E-state index is 11.4. The van der Waals surface area contributed by atoms with Crippen LogP contribution in [0.25, 0.3) is 0 Å². The summed E-state index contributed by atoms with van der Waals surface area (Å²) in [6.45, 7) is 3.87. The second-order valence-electron chi connectivity index (χ2n) is 3.64.